The number of primary amides is 1. The zero-order valence-electron chi connectivity index (χ0n) is 46.7. The molecule has 0 aromatic carbocycles. The van der Waals surface area contributed by atoms with Crippen LogP contribution in [0.5, 0.6) is 0 Å². The summed E-state index contributed by atoms with van der Waals surface area (Å²) in [6, 6.07) is -0.969. The largest absolute Gasteiger partial charge is 0.460 e. The second-order valence-corrected chi connectivity index (χ2v) is 22.6. The highest BCUT2D eigenvalue weighted by atomic mass is 17.3. The lowest BCUT2D eigenvalue weighted by Crippen LogP contribution is -2.78. The summed E-state index contributed by atoms with van der Waals surface area (Å²) in [6.45, 7) is 15.7. The molecule has 75 heavy (non-hydrogen) atoms. The highest BCUT2D eigenvalue weighted by Crippen LogP contribution is 2.53. The topological polar surface area (TPSA) is 229 Å². The van der Waals surface area contributed by atoms with E-state index < -0.39 is 65.6 Å². The van der Waals surface area contributed by atoms with Crippen LogP contribution in [0.1, 0.15) is 152 Å². The molecule has 0 aromatic heterocycles. The van der Waals surface area contributed by atoms with Gasteiger partial charge in [0.1, 0.15) is 30.1 Å². The number of nitrogens with zero attached hydrogens (tertiary/aromatic N) is 1. The van der Waals surface area contributed by atoms with Gasteiger partial charge in [0.25, 0.3) is 5.91 Å². The maximum Gasteiger partial charge on any atom is 0.329 e. The lowest BCUT2D eigenvalue weighted by Gasteiger charge is -2.59. The van der Waals surface area contributed by atoms with E-state index in [1.807, 2.05) is 65.0 Å². The number of allylic oxidation sites excluding steroid dienone is 6. The van der Waals surface area contributed by atoms with Crippen molar-refractivity contribution < 1.29 is 72.4 Å². The lowest BCUT2D eigenvalue weighted by molar-refractivity contribution is -0.614. The van der Waals surface area contributed by atoms with E-state index in [2.05, 4.69) is 0 Å². The average Bonchev–Trinajstić information content (AvgIpc) is 3.39. The van der Waals surface area contributed by atoms with E-state index in [1.165, 1.54) is 7.11 Å². The smallest absolute Gasteiger partial charge is 0.329 e. The number of nitrogens with two attached hydrogens (primary N) is 1. The summed E-state index contributed by atoms with van der Waals surface area (Å²) >= 11 is 0. The van der Waals surface area contributed by atoms with Gasteiger partial charge in [-0.2, -0.15) is 4.89 Å². The van der Waals surface area contributed by atoms with Gasteiger partial charge < -0.3 is 49.3 Å². The van der Waals surface area contributed by atoms with Crippen LogP contribution in [0.2, 0.25) is 0 Å². The Bertz CT molecular complexity index is 2020. The van der Waals surface area contributed by atoms with Crippen LogP contribution in [0.15, 0.2) is 47.6 Å². The average molecular weight is 1060 g/mol. The van der Waals surface area contributed by atoms with Crippen molar-refractivity contribution in [2.24, 2.45) is 41.2 Å². The number of unbranched alkanes of at least 4 members (excludes halogenated alkanes) is 1. The third-order valence-electron chi connectivity index (χ3n) is 16.6. The van der Waals surface area contributed by atoms with Gasteiger partial charge >= 0.3 is 5.97 Å². The van der Waals surface area contributed by atoms with Gasteiger partial charge in [-0.05, 0) is 127 Å². The van der Waals surface area contributed by atoms with Gasteiger partial charge in [0.2, 0.25) is 17.3 Å². The molecule has 424 valence electrons. The predicted molar refractivity (Wildman–Crippen MR) is 281 cm³/mol. The Morgan fingerprint density at radius 2 is 1.64 bits per heavy atom. The van der Waals surface area contributed by atoms with Crippen molar-refractivity contribution in [2.75, 3.05) is 40.6 Å². The number of methoxy groups -OCH3 is 2. The standard InChI is InChI=1S/C58H92N2O15/c1-36-18-12-11-13-19-37(2)48(70-28-17-15-21-51(59)63)34-44-24-22-42(7)58(73-44)57(8,74-75-58)56(67)60-26-16-14-20-45(60)55(66)72-49(39(4)32-43-23-25-47(71-29-27-61)50(33-43)68-9)35-46(62)38(3)31-41(6)53(65)54(69-10)52(64)40(5)30-36/h11-13,18-19,31,36,38-40,42-45,47-50,53-54,61,65H,14-17,20-30,32-35H2,1-10H3,(H2,59,63)/b13-11+,18-12+,37-19+,41-31+/t36-,38-,39-,40-,42-,43+,44+,45+,47-,48-,49+,50-,53-,54+,57?,58+/m1/s1. The molecular weight excluding hydrogens is 965 g/mol. The number of rotatable bonds is 14. The second kappa shape index (κ2) is 29.4. The molecule has 4 heterocycles. The molecule has 17 nitrogen and oxygen atoms in total. The molecule has 3 saturated heterocycles. The summed E-state index contributed by atoms with van der Waals surface area (Å²) in [7, 11) is 3.04. The number of piperidine rings is 1. The van der Waals surface area contributed by atoms with Crippen LogP contribution in [0.3, 0.4) is 0 Å². The highest BCUT2D eigenvalue weighted by Gasteiger charge is 2.72. The molecule has 5 rings (SSSR count). The van der Waals surface area contributed by atoms with E-state index in [4.69, 9.17) is 43.9 Å². The minimum Gasteiger partial charge on any atom is -0.460 e. The number of aliphatic hydroxyl groups is 2. The van der Waals surface area contributed by atoms with Gasteiger partial charge in [0.05, 0.1) is 37.6 Å². The molecule has 4 fully saturated rings. The van der Waals surface area contributed by atoms with Crippen LogP contribution in [0.25, 0.3) is 0 Å². The Labute approximate surface area is 446 Å². The van der Waals surface area contributed by atoms with E-state index in [9.17, 15) is 29.4 Å². The van der Waals surface area contributed by atoms with Crippen molar-refractivity contribution >= 4 is 29.4 Å². The van der Waals surface area contributed by atoms with E-state index in [0.29, 0.717) is 82.8 Å². The minimum absolute atomic E-state index is 0.0103. The maximum atomic E-state index is 15.1. The number of ketones is 2. The predicted octanol–water partition coefficient (Wildman–Crippen LogP) is 7.38. The van der Waals surface area contributed by atoms with Crippen LogP contribution in [0, 0.1) is 35.5 Å². The number of amides is 2. The molecule has 0 radical (unpaired) electrons. The molecule has 17 heteroatoms. The van der Waals surface area contributed by atoms with Crippen molar-refractivity contribution in [3.8, 4) is 0 Å². The second-order valence-electron chi connectivity index (χ2n) is 22.6. The number of hydrogen-bond acceptors (Lipinski definition) is 15. The van der Waals surface area contributed by atoms with Crippen molar-refractivity contribution in [3.05, 3.63) is 47.6 Å². The maximum absolute atomic E-state index is 15.1. The first-order valence-electron chi connectivity index (χ1n) is 27.9. The van der Waals surface area contributed by atoms with Crippen LogP contribution >= 0.6 is 0 Å². The van der Waals surface area contributed by atoms with Crippen molar-refractivity contribution in [2.45, 2.75) is 212 Å². The molecule has 1 aliphatic carbocycles. The number of carbonyl (C=O) groups excluding carboxylic acids is 5. The summed E-state index contributed by atoms with van der Waals surface area (Å²) in [6.07, 6.45) is 15.1. The van der Waals surface area contributed by atoms with Gasteiger partial charge in [0, 0.05) is 64.4 Å². The molecule has 1 unspecified atom stereocenters. The van der Waals surface area contributed by atoms with E-state index >= 15 is 4.79 Å². The fourth-order valence-corrected chi connectivity index (χ4v) is 11.9. The number of ether oxygens (including phenoxy) is 6. The monoisotopic (exact) mass is 1060 g/mol. The Hall–Kier alpha value is -3.65. The fraction of sp³-hybridized carbons (Fsp3) is 0.776. The minimum atomic E-state index is -1.61. The zero-order chi connectivity index (χ0) is 55.0. The van der Waals surface area contributed by atoms with E-state index in [0.717, 1.165) is 18.4 Å². The third kappa shape index (κ3) is 16.2. The number of carbonyl (C=O) groups is 5. The Kier molecular flexibility index (Phi) is 24.3. The van der Waals surface area contributed by atoms with Crippen LogP contribution in [-0.2, 0) is 62.2 Å². The summed E-state index contributed by atoms with van der Waals surface area (Å²) in [5.41, 5.74) is 5.14. The summed E-state index contributed by atoms with van der Waals surface area (Å²) in [5, 5.41) is 21.0. The van der Waals surface area contributed by atoms with Crippen molar-refractivity contribution in [1.29, 1.82) is 0 Å². The Morgan fingerprint density at radius 3 is 2.32 bits per heavy atom. The molecule has 2 amide bonds. The van der Waals surface area contributed by atoms with Crippen molar-refractivity contribution in [1.82, 2.24) is 4.90 Å². The molecule has 4 N–H and O–H groups in total. The number of esters is 1. The number of hydrogen-bond donors (Lipinski definition) is 3. The SMILES string of the molecule is CO[C@@H]1C[C@H](C[C@@H](C)[C@@H]2CC(=O)[C@H](C)/C=C(\C)[C@@H](O)[C@@H](OC)C(=O)[C@H](C)C[C@H](C)/C=C/C=C/C=C(\C)[C@H](OCCCCC(N)=O)C[C@@H]3CC[C@@H](C)[C@@]4(OOC4(C)C(=O)N4CCCC[C@H]4C(=O)O2)O3)CC[C@H]1OCCO. The van der Waals surface area contributed by atoms with Crippen LogP contribution < -0.4 is 5.73 Å². The molecule has 4 aliphatic heterocycles. The third-order valence-corrected chi connectivity index (χ3v) is 16.6. The Balaban J connectivity index is 1.48. The molecule has 2 bridgehead atoms. The van der Waals surface area contributed by atoms with Gasteiger partial charge in [-0.25, -0.2) is 9.68 Å². The molecule has 0 aromatic rings. The summed E-state index contributed by atoms with van der Waals surface area (Å²) in [4.78, 5) is 83.0. The fourth-order valence-electron chi connectivity index (χ4n) is 11.9. The number of aliphatic hydroxyl groups excluding tert-OH is 2. The van der Waals surface area contributed by atoms with Gasteiger partial charge in [0.15, 0.2) is 5.78 Å². The van der Waals surface area contributed by atoms with Crippen molar-refractivity contribution in [3.63, 3.8) is 0 Å². The first-order chi connectivity index (χ1) is 35.7. The zero-order valence-corrected chi connectivity index (χ0v) is 46.7. The first-order valence-corrected chi connectivity index (χ1v) is 27.9. The Morgan fingerprint density at radius 1 is 0.880 bits per heavy atom. The quantitative estimate of drug-likeness (QED) is 0.0667. The van der Waals surface area contributed by atoms with E-state index in [-0.39, 0.29) is 92.1 Å². The number of fused-ring (bicyclic) bond motifs is 2. The normalized spacial score (nSPS) is 39.1. The molecule has 16 atom stereocenters. The van der Waals surface area contributed by atoms with Gasteiger partial charge in [-0.3, -0.25) is 19.2 Å². The lowest BCUT2D eigenvalue weighted by atomic mass is 9.76. The van der Waals surface area contributed by atoms with Gasteiger partial charge in [-0.1, -0.05) is 71.1 Å². The number of Topliss-reactive ketones (excluding diaryl/α,β-unsaturated/α-hetero) is 2. The molecular formula is C58H92N2O15. The summed E-state index contributed by atoms with van der Waals surface area (Å²) in [5.74, 6) is -4.90. The molecule has 1 saturated carbocycles. The van der Waals surface area contributed by atoms with Crippen LogP contribution in [0.4, 0.5) is 0 Å². The van der Waals surface area contributed by atoms with Gasteiger partial charge in [-0.15, -0.1) is 0 Å². The highest BCUT2D eigenvalue weighted by molar-refractivity contribution is 5.91. The molecule has 1 spiro atoms. The number of cyclic esters (lactones) is 1. The first kappa shape index (κ1) is 62.2. The van der Waals surface area contributed by atoms with Crippen LogP contribution in [-0.4, -0.2) is 145 Å². The molecule has 5 aliphatic rings. The summed E-state index contributed by atoms with van der Waals surface area (Å²) < 4.78 is 37.3. The van der Waals surface area contributed by atoms with E-state index in [1.54, 1.807) is 38.9 Å².